The number of carbonyl (C=O) groups is 1. The number of nitrogens with zero attached hydrogens (tertiary/aromatic N) is 1. The van der Waals surface area contributed by atoms with Crippen LogP contribution in [0.3, 0.4) is 0 Å². The zero-order valence-electron chi connectivity index (χ0n) is 11.4. The molecule has 0 unspecified atom stereocenters. The quantitative estimate of drug-likeness (QED) is 0.890. The normalized spacial score (nSPS) is 13.5. The average Bonchev–Trinajstić information content (AvgIpc) is 2.93. The molecule has 0 bridgehead atoms. The summed E-state index contributed by atoms with van der Waals surface area (Å²) < 4.78 is 0. The van der Waals surface area contributed by atoms with Gasteiger partial charge >= 0.3 is 6.03 Å². The second-order valence-corrected chi connectivity index (χ2v) is 5.24. The Balaban J connectivity index is 1.67. The lowest BCUT2D eigenvalue weighted by Gasteiger charge is -2.16. The molecule has 3 nitrogen and oxygen atoms in total. The minimum Gasteiger partial charge on any atom is -0.314 e. The molecule has 2 amide bonds. The summed E-state index contributed by atoms with van der Waals surface area (Å²) in [4.78, 5) is 14.0. The van der Waals surface area contributed by atoms with Crippen molar-refractivity contribution in [3.8, 4) is 0 Å². The maximum atomic E-state index is 12.2. The summed E-state index contributed by atoms with van der Waals surface area (Å²) in [6.45, 7) is 0.713. The topological polar surface area (TPSA) is 32.3 Å². The zero-order valence-corrected chi connectivity index (χ0v) is 12.2. The summed E-state index contributed by atoms with van der Waals surface area (Å²) in [5, 5.41) is 3.45. The van der Waals surface area contributed by atoms with Crippen LogP contribution in [0.4, 0.5) is 10.5 Å². The van der Waals surface area contributed by atoms with Crippen LogP contribution in [-0.4, -0.2) is 12.6 Å². The molecule has 2 aromatic carbocycles. The van der Waals surface area contributed by atoms with Gasteiger partial charge in [0, 0.05) is 23.5 Å². The smallest absolute Gasteiger partial charge is 0.314 e. The molecule has 0 spiro atoms. The van der Waals surface area contributed by atoms with Crippen molar-refractivity contribution < 1.29 is 4.79 Å². The Morgan fingerprint density at radius 3 is 2.76 bits per heavy atom. The van der Waals surface area contributed by atoms with E-state index in [0.29, 0.717) is 11.6 Å². The summed E-state index contributed by atoms with van der Waals surface area (Å²) in [6, 6.07) is 15.4. The van der Waals surface area contributed by atoms with Crippen LogP contribution in [0.2, 0.25) is 5.02 Å². The van der Waals surface area contributed by atoms with Gasteiger partial charge in [0.05, 0.1) is 0 Å². The molecule has 1 N–H and O–H groups in total. The summed E-state index contributed by atoms with van der Waals surface area (Å²) in [5.74, 6) is 0. The minimum absolute atomic E-state index is 0.122. The van der Waals surface area contributed by atoms with E-state index < -0.39 is 0 Å². The molecule has 21 heavy (non-hydrogen) atoms. The van der Waals surface area contributed by atoms with Crippen LogP contribution < -0.4 is 10.2 Å². The third kappa shape index (κ3) is 2.93. The molecule has 0 saturated carbocycles. The van der Waals surface area contributed by atoms with Crippen LogP contribution in [0, 0.1) is 0 Å². The molecule has 3 rings (SSSR count). The number of benzene rings is 2. The Kier molecular flexibility index (Phi) is 3.93. The maximum Gasteiger partial charge on any atom is 0.325 e. The van der Waals surface area contributed by atoms with Gasteiger partial charge < -0.3 is 5.32 Å². The molecule has 1 aliphatic heterocycles. The van der Waals surface area contributed by atoms with Crippen LogP contribution in [0.15, 0.2) is 54.7 Å². The number of halogens is 1. The second kappa shape index (κ2) is 6.02. The second-order valence-electron chi connectivity index (χ2n) is 4.83. The largest absolute Gasteiger partial charge is 0.325 e. The number of hydrogen-bond donors (Lipinski definition) is 1. The first-order chi connectivity index (χ1) is 10.3. The van der Waals surface area contributed by atoms with Gasteiger partial charge in [0.15, 0.2) is 0 Å². The summed E-state index contributed by atoms with van der Waals surface area (Å²) in [5.41, 5.74) is 3.07. The Hall–Kier alpha value is -2.26. The molecule has 0 aliphatic carbocycles. The van der Waals surface area contributed by atoms with Crippen molar-refractivity contribution >= 4 is 29.4 Å². The van der Waals surface area contributed by atoms with Gasteiger partial charge in [-0.15, -0.1) is 0 Å². The number of nitrogens with one attached hydrogen (secondary N) is 1. The molecule has 1 aliphatic rings. The molecule has 106 valence electrons. The zero-order chi connectivity index (χ0) is 14.7. The van der Waals surface area contributed by atoms with Gasteiger partial charge in [0.25, 0.3) is 0 Å². The van der Waals surface area contributed by atoms with E-state index in [-0.39, 0.29) is 6.03 Å². The van der Waals surface area contributed by atoms with Crippen LogP contribution >= 0.6 is 11.6 Å². The Labute approximate surface area is 128 Å². The van der Waals surface area contributed by atoms with E-state index >= 15 is 0 Å². The third-order valence-corrected chi connectivity index (χ3v) is 3.85. The van der Waals surface area contributed by atoms with Crippen molar-refractivity contribution in [2.24, 2.45) is 0 Å². The van der Waals surface area contributed by atoms with Gasteiger partial charge in [-0.2, -0.15) is 0 Å². The molecular weight excluding hydrogens is 284 g/mol. The molecule has 0 aromatic heterocycles. The predicted octanol–water partition coefficient (Wildman–Crippen LogP) is 4.08. The van der Waals surface area contributed by atoms with Crippen LogP contribution in [0.5, 0.6) is 0 Å². The number of hydrogen-bond acceptors (Lipinski definition) is 1. The highest BCUT2D eigenvalue weighted by atomic mass is 35.5. The molecule has 0 radical (unpaired) electrons. The van der Waals surface area contributed by atoms with Gasteiger partial charge in [0.2, 0.25) is 0 Å². The van der Waals surface area contributed by atoms with Gasteiger partial charge in [-0.3, -0.25) is 4.90 Å². The SMILES string of the molecule is O=C(N/C=C/c1ccccc1Cl)N1CCc2ccccc21. The van der Waals surface area contributed by atoms with E-state index in [1.165, 1.54) is 5.56 Å². The van der Waals surface area contributed by atoms with E-state index in [4.69, 9.17) is 11.6 Å². The van der Waals surface area contributed by atoms with E-state index in [2.05, 4.69) is 11.4 Å². The lowest BCUT2D eigenvalue weighted by molar-refractivity contribution is 0.250. The standard InChI is InChI=1S/C17H15ClN2O/c18-15-7-3-1-5-13(15)9-11-19-17(21)20-12-10-14-6-2-4-8-16(14)20/h1-9,11H,10,12H2,(H,19,21)/b11-9+. The number of carbonyl (C=O) groups excluding carboxylic acids is 1. The number of para-hydroxylation sites is 1. The predicted molar refractivity (Wildman–Crippen MR) is 86.5 cm³/mol. The van der Waals surface area contributed by atoms with Crippen molar-refractivity contribution in [3.05, 3.63) is 70.9 Å². The molecule has 0 fully saturated rings. The van der Waals surface area contributed by atoms with Gasteiger partial charge in [0.1, 0.15) is 0 Å². The Bertz CT molecular complexity index is 697. The van der Waals surface area contributed by atoms with E-state index in [0.717, 1.165) is 17.7 Å². The Morgan fingerprint density at radius 1 is 1.14 bits per heavy atom. The molecule has 2 aromatic rings. The minimum atomic E-state index is -0.122. The lowest BCUT2D eigenvalue weighted by Crippen LogP contribution is -2.36. The molecule has 1 heterocycles. The average molecular weight is 299 g/mol. The third-order valence-electron chi connectivity index (χ3n) is 3.51. The number of amides is 2. The van der Waals surface area contributed by atoms with Crippen molar-refractivity contribution in [3.63, 3.8) is 0 Å². The fourth-order valence-electron chi connectivity index (χ4n) is 2.44. The first-order valence-corrected chi connectivity index (χ1v) is 7.20. The highest BCUT2D eigenvalue weighted by molar-refractivity contribution is 6.32. The van der Waals surface area contributed by atoms with Crippen molar-refractivity contribution in [1.82, 2.24) is 5.32 Å². The van der Waals surface area contributed by atoms with Crippen LogP contribution in [0.25, 0.3) is 6.08 Å². The number of urea groups is 1. The number of anilines is 1. The first kappa shape index (κ1) is 13.7. The van der Waals surface area contributed by atoms with Crippen LogP contribution in [0.1, 0.15) is 11.1 Å². The van der Waals surface area contributed by atoms with E-state index in [9.17, 15) is 4.79 Å². The lowest BCUT2D eigenvalue weighted by atomic mass is 10.2. The molecule has 0 saturated heterocycles. The van der Waals surface area contributed by atoms with Gasteiger partial charge in [-0.25, -0.2) is 4.79 Å². The first-order valence-electron chi connectivity index (χ1n) is 6.83. The van der Waals surface area contributed by atoms with Crippen molar-refractivity contribution in [2.75, 3.05) is 11.4 Å². The summed E-state index contributed by atoms with van der Waals surface area (Å²) in [7, 11) is 0. The fourth-order valence-corrected chi connectivity index (χ4v) is 2.64. The van der Waals surface area contributed by atoms with E-state index in [1.54, 1.807) is 17.2 Å². The molecular formula is C17H15ClN2O. The molecule has 0 atom stereocenters. The van der Waals surface area contributed by atoms with Gasteiger partial charge in [-0.05, 0) is 35.8 Å². The monoisotopic (exact) mass is 298 g/mol. The maximum absolute atomic E-state index is 12.2. The highest BCUT2D eigenvalue weighted by Crippen LogP contribution is 2.27. The van der Waals surface area contributed by atoms with Gasteiger partial charge in [-0.1, -0.05) is 48.0 Å². The van der Waals surface area contributed by atoms with E-state index in [1.807, 2.05) is 42.5 Å². The Morgan fingerprint density at radius 2 is 1.90 bits per heavy atom. The fraction of sp³-hybridized carbons (Fsp3) is 0.118. The van der Waals surface area contributed by atoms with Crippen molar-refractivity contribution in [2.45, 2.75) is 6.42 Å². The summed E-state index contributed by atoms with van der Waals surface area (Å²) >= 11 is 6.06. The summed E-state index contributed by atoms with van der Waals surface area (Å²) in [6.07, 6.45) is 4.32. The molecule has 4 heteroatoms. The number of rotatable bonds is 2. The number of fused-ring (bicyclic) bond motifs is 1. The van der Waals surface area contributed by atoms with Crippen LogP contribution in [-0.2, 0) is 6.42 Å². The highest BCUT2D eigenvalue weighted by Gasteiger charge is 2.23. The van der Waals surface area contributed by atoms with Crippen molar-refractivity contribution in [1.29, 1.82) is 0 Å².